The van der Waals surface area contributed by atoms with E-state index in [1.807, 2.05) is 30.3 Å². The largest absolute Gasteiger partial charge is 0.469 e. The minimum absolute atomic E-state index is 0.0639. The van der Waals surface area contributed by atoms with Gasteiger partial charge < -0.3 is 10.1 Å². The normalized spacial score (nSPS) is 17.1. The van der Waals surface area contributed by atoms with Crippen LogP contribution in [0.15, 0.2) is 48.5 Å². The van der Waals surface area contributed by atoms with Gasteiger partial charge in [0.05, 0.1) is 25.5 Å². The summed E-state index contributed by atoms with van der Waals surface area (Å²) in [7, 11) is 1.34. The lowest BCUT2D eigenvalue weighted by molar-refractivity contribution is -0.141. The molecule has 0 radical (unpaired) electrons. The van der Waals surface area contributed by atoms with E-state index in [-0.39, 0.29) is 24.2 Å². The zero-order valence-electron chi connectivity index (χ0n) is 14.7. The summed E-state index contributed by atoms with van der Waals surface area (Å²) in [5.41, 5.74) is 3.10. The average Bonchev–Trinajstić information content (AvgIpc) is 2.66. The van der Waals surface area contributed by atoms with E-state index in [0.717, 1.165) is 30.4 Å². The number of amides is 1. The van der Waals surface area contributed by atoms with E-state index in [0.29, 0.717) is 5.02 Å². The number of halogens is 1. The predicted octanol–water partition coefficient (Wildman–Crippen LogP) is 4.18. The Bertz CT molecular complexity index is 805. The van der Waals surface area contributed by atoms with Gasteiger partial charge in [-0.1, -0.05) is 48.0 Å². The van der Waals surface area contributed by atoms with Crippen molar-refractivity contribution in [2.24, 2.45) is 0 Å². The molecule has 2 atom stereocenters. The number of fused-ring (bicyclic) bond motifs is 1. The highest BCUT2D eigenvalue weighted by atomic mass is 35.5. The van der Waals surface area contributed by atoms with E-state index >= 15 is 0 Å². The van der Waals surface area contributed by atoms with Gasteiger partial charge >= 0.3 is 5.97 Å². The molecule has 136 valence electrons. The van der Waals surface area contributed by atoms with Gasteiger partial charge in [0.2, 0.25) is 5.91 Å². The lowest BCUT2D eigenvalue weighted by atomic mass is 9.82. The second-order valence-electron chi connectivity index (χ2n) is 6.54. The molecule has 1 amide bonds. The van der Waals surface area contributed by atoms with Crippen molar-refractivity contribution >= 4 is 23.5 Å². The quantitative estimate of drug-likeness (QED) is 0.802. The van der Waals surface area contributed by atoms with Crippen molar-refractivity contribution in [3.8, 4) is 0 Å². The number of esters is 1. The number of carbonyl (C=O) groups is 2. The number of nitrogens with one attached hydrogen (secondary N) is 1. The molecule has 0 bridgehead atoms. The van der Waals surface area contributed by atoms with Crippen LogP contribution in [0.25, 0.3) is 0 Å². The molecule has 3 rings (SSSR count). The SMILES string of the molecule is COC(=O)CC(NC(=O)[C@H]1CCCc2ccccc21)c1cccc(Cl)c1. The van der Waals surface area contributed by atoms with Crippen molar-refractivity contribution in [2.45, 2.75) is 37.6 Å². The maximum atomic E-state index is 13.0. The van der Waals surface area contributed by atoms with E-state index in [1.165, 1.54) is 12.7 Å². The standard InChI is InChI=1S/C21H22ClNO3/c1-26-20(24)13-19(15-8-4-9-16(22)12-15)23-21(25)18-11-5-7-14-6-2-3-10-17(14)18/h2-4,6,8-10,12,18-19H,5,7,11,13H2,1H3,(H,23,25)/t18-,19?/m0/s1. The van der Waals surface area contributed by atoms with Crippen LogP contribution in [0.3, 0.4) is 0 Å². The maximum Gasteiger partial charge on any atom is 0.307 e. The highest BCUT2D eigenvalue weighted by molar-refractivity contribution is 6.30. The first-order valence-electron chi connectivity index (χ1n) is 8.79. The summed E-state index contributed by atoms with van der Waals surface area (Å²) in [6, 6.07) is 14.8. The van der Waals surface area contributed by atoms with Crippen molar-refractivity contribution in [1.29, 1.82) is 0 Å². The second-order valence-corrected chi connectivity index (χ2v) is 6.98. The molecule has 1 N–H and O–H groups in total. The molecule has 2 aromatic rings. The summed E-state index contributed by atoms with van der Waals surface area (Å²) >= 11 is 6.08. The summed E-state index contributed by atoms with van der Waals surface area (Å²) in [4.78, 5) is 24.8. The maximum absolute atomic E-state index is 13.0. The van der Waals surface area contributed by atoms with Crippen LogP contribution >= 0.6 is 11.6 Å². The summed E-state index contributed by atoms with van der Waals surface area (Å²) in [5, 5.41) is 3.60. The number of carbonyl (C=O) groups excluding carboxylic acids is 2. The Morgan fingerprint density at radius 1 is 1.23 bits per heavy atom. The van der Waals surface area contributed by atoms with Gasteiger partial charge in [-0.25, -0.2) is 0 Å². The van der Waals surface area contributed by atoms with Gasteiger partial charge in [0, 0.05) is 5.02 Å². The Balaban J connectivity index is 1.83. The molecule has 0 aliphatic heterocycles. The molecule has 0 fully saturated rings. The fourth-order valence-corrected chi connectivity index (χ4v) is 3.72. The Labute approximate surface area is 158 Å². The van der Waals surface area contributed by atoms with Crippen LogP contribution in [0, 0.1) is 0 Å². The summed E-state index contributed by atoms with van der Waals surface area (Å²) in [6.07, 6.45) is 2.86. The van der Waals surface area contributed by atoms with Crippen molar-refractivity contribution in [3.05, 3.63) is 70.2 Å². The third-order valence-electron chi connectivity index (χ3n) is 4.85. The molecule has 0 spiro atoms. The Kier molecular flexibility index (Phi) is 5.94. The van der Waals surface area contributed by atoms with Gasteiger partial charge in [-0.15, -0.1) is 0 Å². The smallest absolute Gasteiger partial charge is 0.307 e. The molecule has 0 saturated heterocycles. The van der Waals surface area contributed by atoms with Crippen molar-refractivity contribution < 1.29 is 14.3 Å². The highest BCUT2D eigenvalue weighted by Crippen LogP contribution is 2.32. The summed E-state index contributed by atoms with van der Waals surface area (Å²) in [6.45, 7) is 0. The zero-order valence-corrected chi connectivity index (χ0v) is 15.5. The van der Waals surface area contributed by atoms with E-state index < -0.39 is 6.04 Å². The molecule has 1 aliphatic carbocycles. The number of ether oxygens (including phenoxy) is 1. The fourth-order valence-electron chi connectivity index (χ4n) is 3.52. The number of methoxy groups -OCH3 is 1. The van der Waals surface area contributed by atoms with Crippen molar-refractivity contribution in [1.82, 2.24) is 5.32 Å². The third-order valence-corrected chi connectivity index (χ3v) is 5.09. The lowest BCUT2D eigenvalue weighted by Crippen LogP contribution is -2.35. The Morgan fingerprint density at radius 3 is 2.81 bits per heavy atom. The third kappa shape index (κ3) is 4.25. The highest BCUT2D eigenvalue weighted by Gasteiger charge is 2.29. The topological polar surface area (TPSA) is 55.4 Å². The van der Waals surface area contributed by atoms with Gasteiger partial charge in [-0.05, 0) is 48.1 Å². The van der Waals surface area contributed by atoms with Crippen LogP contribution in [-0.4, -0.2) is 19.0 Å². The van der Waals surface area contributed by atoms with Crippen LogP contribution < -0.4 is 5.32 Å². The number of aryl methyl sites for hydroxylation is 1. The van der Waals surface area contributed by atoms with Gasteiger partial charge in [0.1, 0.15) is 0 Å². The molecule has 26 heavy (non-hydrogen) atoms. The molecule has 4 nitrogen and oxygen atoms in total. The van der Waals surface area contributed by atoms with Crippen LogP contribution in [-0.2, 0) is 20.7 Å². The molecule has 1 aliphatic rings. The van der Waals surface area contributed by atoms with E-state index in [2.05, 4.69) is 11.4 Å². The molecule has 1 unspecified atom stereocenters. The minimum atomic E-state index is -0.470. The first kappa shape index (κ1) is 18.5. The zero-order chi connectivity index (χ0) is 18.5. The van der Waals surface area contributed by atoms with Crippen LogP contribution in [0.5, 0.6) is 0 Å². The van der Waals surface area contributed by atoms with Crippen LogP contribution in [0.4, 0.5) is 0 Å². The van der Waals surface area contributed by atoms with Gasteiger partial charge in [-0.3, -0.25) is 9.59 Å². The molecule has 0 heterocycles. The Hall–Kier alpha value is -2.33. The second kappa shape index (κ2) is 8.37. The molecule has 5 heteroatoms. The van der Waals surface area contributed by atoms with E-state index in [1.54, 1.807) is 12.1 Å². The summed E-state index contributed by atoms with van der Waals surface area (Å²) < 4.78 is 4.79. The fraction of sp³-hybridized carbons (Fsp3) is 0.333. The van der Waals surface area contributed by atoms with Crippen molar-refractivity contribution in [2.75, 3.05) is 7.11 Å². The first-order valence-corrected chi connectivity index (χ1v) is 9.16. The molecule has 0 aromatic heterocycles. The molecular weight excluding hydrogens is 350 g/mol. The molecule has 0 saturated carbocycles. The van der Waals surface area contributed by atoms with Gasteiger partial charge in [0.25, 0.3) is 0 Å². The first-order chi connectivity index (χ1) is 12.6. The number of benzene rings is 2. The molecular formula is C21H22ClNO3. The Morgan fingerprint density at radius 2 is 2.04 bits per heavy atom. The number of hydrogen-bond donors (Lipinski definition) is 1. The van der Waals surface area contributed by atoms with Gasteiger partial charge in [0.15, 0.2) is 0 Å². The minimum Gasteiger partial charge on any atom is -0.469 e. The lowest BCUT2D eigenvalue weighted by Gasteiger charge is -2.27. The van der Waals surface area contributed by atoms with E-state index in [4.69, 9.17) is 16.3 Å². The van der Waals surface area contributed by atoms with Crippen LogP contribution in [0.2, 0.25) is 5.02 Å². The van der Waals surface area contributed by atoms with Crippen molar-refractivity contribution in [3.63, 3.8) is 0 Å². The predicted molar refractivity (Wildman–Crippen MR) is 101 cm³/mol. The van der Waals surface area contributed by atoms with Crippen LogP contribution in [0.1, 0.15) is 47.9 Å². The molecule has 2 aromatic carbocycles. The number of hydrogen-bond acceptors (Lipinski definition) is 3. The average molecular weight is 372 g/mol. The van der Waals surface area contributed by atoms with Gasteiger partial charge in [-0.2, -0.15) is 0 Å². The number of rotatable bonds is 5. The monoisotopic (exact) mass is 371 g/mol. The summed E-state index contributed by atoms with van der Waals surface area (Å²) in [5.74, 6) is -0.635. The van der Waals surface area contributed by atoms with E-state index in [9.17, 15) is 9.59 Å².